The molecule has 4 aromatic rings. The quantitative estimate of drug-likeness (QED) is 0.520. The average molecular weight is 397 g/mol. The number of anilines is 1. The predicted octanol–water partition coefficient (Wildman–Crippen LogP) is 3.53. The molecule has 0 bridgehead atoms. The topological polar surface area (TPSA) is 85.6 Å². The van der Waals surface area contributed by atoms with Crippen LogP contribution in [-0.4, -0.2) is 35.2 Å². The second-order valence-corrected chi connectivity index (χ2v) is 7.48. The highest BCUT2D eigenvalue weighted by atomic mass is 32.2. The highest BCUT2D eigenvalue weighted by Gasteiger charge is 2.14. The lowest BCUT2D eigenvalue weighted by Crippen LogP contribution is -2.14. The van der Waals surface area contributed by atoms with E-state index in [1.807, 2.05) is 54.9 Å². The fraction of sp³-hybridized carbons (Fsp3) is 0.167. The Bertz CT molecular complexity index is 1120. The molecule has 9 heteroatoms. The Labute approximate surface area is 164 Å². The minimum Gasteiger partial charge on any atom is -0.323 e. The molecule has 7 nitrogen and oxygen atoms in total. The number of benzene rings is 2. The fourth-order valence-electron chi connectivity index (χ4n) is 2.70. The van der Waals surface area contributed by atoms with Crippen molar-refractivity contribution < 1.29 is 4.79 Å². The zero-order valence-corrected chi connectivity index (χ0v) is 16.3. The number of nitrogens with one attached hydrogen (secondary N) is 1. The maximum atomic E-state index is 12.3. The number of rotatable bonds is 5. The number of hydrogen-bond acceptors (Lipinski definition) is 7. The summed E-state index contributed by atoms with van der Waals surface area (Å²) in [5.41, 5.74) is 4.33. The second-order valence-electron chi connectivity index (χ2n) is 6.01. The van der Waals surface area contributed by atoms with Gasteiger partial charge in [0.2, 0.25) is 5.91 Å². The second kappa shape index (κ2) is 7.45. The van der Waals surface area contributed by atoms with Gasteiger partial charge in [0.15, 0.2) is 11.0 Å². The third-order valence-electron chi connectivity index (χ3n) is 4.00. The number of nitrogens with zero attached hydrogens (tertiary/aromatic N) is 5. The molecular formula is C18H16N6OS2. The van der Waals surface area contributed by atoms with Crippen molar-refractivity contribution in [1.29, 1.82) is 0 Å². The Morgan fingerprint density at radius 3 is 2.89 bits per heavy atom. The number of carbonyl (C=O) groups is 1. The highest BCUT2D eigenvalue weighted by Crippen LogP contribution is 2.24. The highest BCUT2D eigenvalue weighted by molar-refractivity contribution is 7.99. The molecular weight excluding hydrogens is 380 g/mol. The molecule has 0 aliphatic heterocycles. The lowest BCUT2D eigenvalue weighted by Gasteiger charge is -2.06. The van der Waals surface area contributed by atoms with Crippen LogP contribution in [0.1, 0.15) is 5.56 Å². The van der Waals surface area contributed by atoms with E-state index >= 15 is 0 Å². The van der Waals surface area contributed by atoms with Crippen molar-refractivity contribution in [2.45, 2.75) is 12.1 Å². The Morgan fingerprint density at radius 1 is 1.19 bits per heavy atom. The zero-order valence-electron chi connectivity index (χ0n) is 14.7. The summed E-state index contributed by atoms with van der Waals surface area (Å²) in [6.45, 7) is 2.04. The van der Waals surface area contributed by atoms with Gasteiger partial charge in [-0.15, -0.1) is 10.2 Å². The molecule has 2 heterocycles. The Hall–Kier alpha value is -2.78. The van der Waals surface area contributed by atoms with Crippen molar-refractivity contribution in [3.8, 4) is 11.4 Å². The minimum atomic E-state index is -0.124. The van der Waals surface area contributed by atoms with Gasteiger partial charge in [-0.3, -0.25) is 4.79 Å². The normalized spacial score (nSPS) is 11.0. The molecule has 4 rings (SSSR count). The third kappa shape index (κ3) is 3.69. The summed E-state index contributed by atoms with van der Waals surface area (Å²) in [5, 5.41) is 12.1. The van der Waals surface area contributed by atoms with E-state index in [0.717, 1.165) is 34.2 Å². The first-order chi connectivity index (χ1) is 13.1. The van der Waals surface area contributed by atoms with Gasteiger partial charge in [-0.05, 0) is 25.1 Å². The van der Waals surface area contributed by atoms with E-state index in [-0.39, 0.29) is 11.7 Å². The largest absolute Gasteiger partial charge is 0.323 e. The van der Waals surface area contributed by atoms with Gasteiger partial charge in [-0.1, -0.05) is 41.6 Å². The Balaban J connectivity index is 1.44. The first kappa shape index (κ1) is 17.6. The molecule has 27 heavy (non-hydrogen) atoms. The van der Waals surface area contributed by atoms with Crippen LogP contribution in [0.25, 0.3) is 22.4 Å². The van der Waals surface area contributed by atoms with Gasteiger partial charge < -0.3 is 9.88 Å². The van der Waals surface area contributed by atoms with Gasteiger partial charge >= 0.3 is 0 Å². The van der Waals surface area contributed by atoms with E-state index in [1.165, 1.54) is 11.8 Å². The van der Waals surface area contributed by atoms with Crippen molar-refractivity contribution in [2.24, 2.45) is 7.05 Å². The molecule has 2 aromatic carbocycles. The first-order valence-corrected chi connectivity index (χ1v) is 9.94. The maximum Gasteiger partial charge on any atom is 0.234 e. The minimum absolute atomic E-state index is 0.124. The van der Waals surface area contributed by atoms with Crippen LogP contribution in [0.2, 0.25) is 0 Å². The van der Waals surface area contributed by atoms with Crippen LogP contribution >= 0.6 is 23.5 Å². The molecule has 0 unspecified atom stereocenters. The van der Waals surface area contributed by atoms with Crippen LogP contribution < -0.4 is 5.32 Å². The average Bonchev–Trinajstić information content (AvgIpc) is 3.27. The standard InChI is InChI=1S/C18H16N6OS2/c1-11-5-3-6-12(9-11)17-20-21-18(24(17)2)26-10-15(25)19-13-7-4-8-14-16(13)23-27-22-14/h3-9H,10H2,1-2H3,(H,19,25). The smallest absolute Gasteiger partial charge is 0.234 e. The van der Waals surface area contributed by atoms with Gasteiger partial charge in [0.05, 0.1) is 23.2 Å². The number of thioether (sulfide) groups is 1. The summed E-state index contributed by atoms with van der Waals surface area (Å²) in [7, 11) is 1.90. The number of carbonyl (C=O) groups excluding carboxylic acids is 1. The van der Waals surface area contributed by atoms with Crippen molar-refractivity contribution in [2.75, 3.05) is 11.1 Å². The Morgan fingerprint density at radius 2 is 2.04 bits per heavy atom. The van der Waals surface area contributed by atoms with E-state index in [1.54, 1.807) is 0 Å². The number of aromatic nitrogens is 5. The lowest BCUT2D eigenvalue weighted by molar-refractivity contribution is -0.113. The van der Waals surface area contributed by atoms with Gasteiger partial charge in [-0.25, -0.2) is 0 Å². The summed E-state index contributed by atoms with van der Waals surface area (Å²) < 4.78 is 10.3. The van der Waals surface area contributed by atoms with E-state index in [0.29, 0.717) is 16.4 Å². The summed E-state index contributed by atoms with van der Waals surface area (Å²) in [5.74, 6) is 0.883. The van der Waals surface area contributed by atoms with Gasteiger partial charge in [0.1, 0.15) is 11.0 Å². The molecule has 0 fully saturated rings. The molecule has 1 N–H and O–H groups in total. The molecule has 1 amide bonds. The molecule has 0 saturated heterocycles. The maximum absolute atomic E-state index is 12.3. The SMILES string of the molecule is Cc1cccc(-c2nnc(SCC(=O)Nc3cccc4nsnc34)n2C)c1. The van der Waals surface area contributed by atoms with Gasteiger partial charge in [0, 0.05) is 12.6 Å². The number of aryl methyl sites for hydroxylation is 1. The molecule has 0 aliphatic carbocycles. The van der Waals surface area contributed by atoms with Crippen molar-refractivity contribution in [3.63, 3.8) is 0 Å². The van der Waals surface area contributed by atoms with Crippen LogP contribution in [0.5, 0.6) is 0 Å². The van der Waals surface area contributed by atoms with Gasteiger partial charge in [0.25, 0.3) is 0 Å². The molecule has 2 aromatic heterocycles. The molecule has 0 atom stereocenters. The van der Waals surface area contributed by atoms with E-state index in [2.05, 4.69) is 30.3 Å². The van der Waals surface area contributed by atoms with Crippen LogP contribution in [0.4, 0.5) is 5.69 Å². The molecule has 0 saturated carbocycles. The molecule has 0 aliphatic rings. The van der Waals surface area contributed by atoms with Crippen molar-refractivity contribution >= 4 is 46.1 Å². The fourth-order valence-corrected chi connectivity index (χ4v) is 3.96. The lowest BCUT2D eigenvalue weighted by atomic mass is 10.1. The van der Waals surface area contributed by atoms with Gasteiger partial charge in [-0.2, -0.15) is 8.75 Å². The van der Waals surface area contributed by atoms with Crippen molar-refractivity contribution in [3.05, 3.63) is 48.0 Å². The van der Waals surface area contributed by atoms with Crippen LogP contribution in [0, 0.1) is 6.92 Å². The monoisotopic (exact) mass is 396 g/mol. The predicted molar refractivity (Wildman–Crippen MR) is 108 cm³/mol. The van der Waals surface area contributed by atoms with Crippen LogP contribution in [0.3, 0.4) is 0 Å². The molecule has 0 radical (unpaired) electrons. The summed E-state index contributed by atoms with van der Waals surface area (Å²) >= 11 is 2.48. The summed E-state index contributed by atoms with van der Waals surface area (Å²) in [6.07, 6.45) is 0. The first-order valence-electron chi connectivity index (χ1n) is 8.22. The molecule has 0 spiro atoms. The number of amides is 1. The Kier molecular flexibility index (Phi) is 4.87. The van der Waals surface area contributed by atoms with Crippen LogP contribution in [-0.2, 0) is 11.8 Å². The third-order valence-corrected chi connectivity index (χ3v) is 5.57. The van der Waals surface area contributed by atoms with Crippen molar-refractivity contribution in [1.82, 2.24) is 23.5 Å². The molecule has 136 valence electrons. The number of hydrogen-bond donors (Lipinski definition) is 1. The van der Waals surface area contributed by atoms with E-state index < -0.39 is 0 Å². The number of fused-ring (bicyclic) bond motifs is 1. The van der Waals surface area contributed by atoms with E-state index in [9.17, 15) is 4.79 Å². The summed E-state index contributed by atoms with van der Waals surface area (Å²) in [6, 6.07) is 13.6. The zero-order chi connectivity index (χ0) is 18.8. The summed E-state index contributed by atoms with van der Waals surface area (Å²) in [4.78, 5) is 12.3. The van der Waals surface area contributed by atoms with Crippen LogP contribution in [0.15, 0.2) is 47.6 Å². The van der Waals surface area contributed by atoms with E-state index in [4.69, 9.17) is 0 Å².